The molecule has 0 saturated carbocycles. The number of esters is 1. The maximum Gasteiger partial charge on any atom is 0.323 e. The number of halogens is 1. The molecule has 2 rings (SSSR count). The average molecular weight is 319 g/mol. The summed E-state index contributed by atoms with van der Waals surface area (Å²) < 4.78 is 4.61. The Morgan fingerprint density at radius 2 is 1.82 bits per heavy atom. The number of anilines is 2. The number of nitrogens with one attached hydrogen (secondary N) is 2. The monoisotopic (exact) mass is 318 g/mol. The van der Waals surface area contributed by atoms with Gasteiger partial charge in [-0.1, -0.05) is 35.9 Å². The van der Waals surface area contributed by atoms with E-state index in [0.29, 0.717) is 22.0 Å². The molecule has 0 bridgehead atoms. The first-order valence-electron chi connectivity index (χ1n) is 6.57. The van der Waals surface area contributed by atoms with Gasteiger partial charge < -0.3 is 15.4 Å². The van der Waals surface area contributed by atoms with E-state index in [-0.39, 0.29) is 12.4 Å². The van der Waals surface area contributed by atoms with Crippen molar-refractivity contribution < 1.29 is 14.3 Å². The van der Waals surface area contributed by atoms with Crippen molar-refractivity contribution in [3.8, 4) is 0 Å². The zero-order valence-corrected chi connectivity index (χ0v) is 12.7. The van der Waals surface area contributed by atoms with Gasteiger partial charge in [-0.05, 0) is 29.8 Å². The number of methoxy groups -OCH3 is 1. The van der Waals surface area contributed by atoms with Gasteiger partial charge in [0.05, 0.1) is 24.2 Å². The summed E-state index contributed by atoms with van der Waals surface area (Å²) in [5.74, 6) is -0.359. The standard InChI is InChI=1S/C16H15ClN2O3/c1-22-15(20)10-11-7-8-13(17)14(9-11)19-16(21)18-12-5-3-2-4-6-12/h2-9H,10H2,1H3,(H2,18,19,21). The van der Waals surface area contributed by atoms with E-state index in [0.717, 1.165) is 0 Å². The van der Waals surface area contributed by atoms with Gasteiger partial charge in [0.25, 0.3) is 0 Å². The summed E-state index contributed by atoms with van der Waals surface area (Å²) in [4.78, 5) is 23.2. The first-order valence-corrected chi connectivity index (χ1v) is 6.94. The largest absolute Gasteiger partial charge is 0.469 e. The SMILES string of the molecule is COC(=O)Cc1ccc(Cl)c(NC(=O)Nc2ccccc2)c1. The number of amides is 2. The van der Waals surface area contributed by atoms with E-state index in [1.807, 2.05) is 18.2 Å². The molecule has 2 amide bonds. The minimum Gasteiger partial charge on any atom is -0.469 e. The summed E-state index contributed by atoms with van der Waals surface area (Å²) in [6.07, 6.45) is 0.114. The topological polar surface area (TPSA) is 67.4 Å². The molecule has 0 heterocycles. The fraction of sp³-hybridized carbons (Fsp3) is 0.125. The van der Waals surface area contributed by atoms with Crippen molar-refractivity contribution in [2.24, 2.45) is 0 Å². The second kappa shape index (κ2) is 7.47. The Labute approximate surface area is 133 Å². The number of urea groups is 1. The van der Waals surface area contributed by atoms with Gasteiger partial charge in [-0.25, -0.2) is 4.79 Å². The Morgan fingerprint density at radius 1 is 1.09 bits per heavy atom. The number of para-hydroxylation sites is 1. The van der Waals surface area contributed by atoms with Crippen molar-refractivity contribution in [2.45, 2.75) is 6.42 Å². The van der Waals surface area contributed by atoms with E-state index in [1.54, 1.807) is 30.3 Å². The number of carbonyl (C=O) groups is 2. The van der Waals surface area contributed by atoms with Crippen molar-refractivity contribution >= 4 is 35.0 Å². The molecule has 0 aromatic heterocycles. The normalized spacial score (nSPS) is 9.91. The fourth-order valence-electron chi connectivity index (χ4n) is 1.82. The average Bonchev–Trinajstić information content (AvgIpc) is 2.51. The molecule has 0 atom stereocenters. The van der Waals surface area contributed by atoms with Crippen LogP contribution in [0, 0.1) is 0 Å². The van der Waals surface area contributed by atoms with Crippen LogP contribution in [0.15, 0.2) is 48.5 Å². The Hall–Kier alpha value is -2.53. The van der Waals surface area contributed by atoms with Crippen LogP contribution in [-0.4, -0.2) is 19.1 Å². The summed E-state index contributed by atoms with van der Waals surface area (Å²) in [6.45, 7) is 0. The van der Waals surface area contributed by atoms with Gasteiger partial charge in [-0.15, -0.1) is 0 Å². The third-order valence-electron chi connectivity index (χ3n) is 2.89. The summed E-state index contributed by atoms with van der Waals surface area (Å²) >= 11 is 6.06. The number of ether oxygens (including phenoxy) is 1. The van der Waals surface area contributed by atoms with E-state index in [2.05, 4.69) is 15.4 Å². The van der Waals surface area contributed by atoms with Gasteiger partial charge >= 0.3 is 12.0 Å². The zero-order chi connectivity index (χ0) is 15.9. The Bertz CT molecular complexity index is 674. The third-order valence-corrected chi connectivity index (χ3v) is 3.22. The smallest absolute Gasteiger partial charge is 0.323 e. The third kappa shape index (κ3) is 4.49. The van der Waals surface area contributed by atoms with Gasteiger partial charge in [0.15, 0.2) is 0 Å². The van der Waals surface area contributed by atoms with Crippen LogP contribution in [0.1, 0.15) is 5.56 Å². The number of benzene rings is 2. The molecule has 5 nitrogen and oxygen atoms in total. The van der Waals surface area contributed by atoms with Gasteiger partial charge in [0, 0.05) is 5.69 Å². The molecule has 0 radical (unpaired) electrons. The molecule has 0 spiro atoms. The molecule has 6 heteroatoms. The molecule has 2 aromatic rings. The minimum atomic E-state index is -0.414. The molecule has 0 aliphatic rings. The van der Waals surface area contributed by atoms with Crippen molar-refractivity contribution in [2.75, 3.05) is 17.7 Å². The molecular formula is C16H15ClN2O3. The number of hydrogen-bond acceptors (Lipinski definition) is 3. The van der Waals surface area contributed by atoms with E-state index in [9.17, 15) is 9.59 Å². The summed E-state index contributed by atoms with van der Waals surface area (Å²) in [7, 11) is 1.32. The van der Waals surface area contributed by atoms with Crippen molar-refractivity contribution in [3.05, 3.63) is 59.1 Å². The highest BCUT2D eigenvalue weighted by molar-refractivity contribution is 6.33. The van der Waals surface area contributed by atoms with Crippen LogP contribution in [-0.2, 0) is 16.0 Å². The molecule has 2 N–H and O–H groups in total. The molecule has 0 unspecified atom stereocenters. The van der Waals surface area contributed by atoms with Crippen LogP contribution in [0.25, 0.3) is 0 Å². The summed E-state index contributed by atoms with van der Waals surface area (Å²) in [5.41, 5.74) is 1.80. The first kappa shape index (κ1) is 15.9. The van der Waals surface area contributed by atoms with Gasteiger partial charge in [-0.3, -0.25) is 4.79 Å². The summed E-state index contributed by atoms with van der Waals surface area (Å²) in [6, 6.07) is 13.6. The molecule has 22 heavy (non-hydrogen) atoms. The molecule has 2 aromatic carbocycles. The minimum absolute atomic E-state index is 0.114. The van der Waals surface area contributed by atoms with E-state index in [4.69, 9.17) is 11.6 Å². The lowest BCUT2D eigenvalue weighted by Crippen LogP contribution is -2.19. The molecule has 0 saturated heterocycles. The predicted molar refractivity (Wildman–Crippen MR) is 86.3 cm³/mol. The lowest BCUT2D eigenvalue weighted by atomic mass is 10.1. The second-order valence-electron chi connectivity index (χ2n) is 4.51. The highest BCUT2D eigenvalue weighted by Crippen LogP contribution is 2.23. The number of hydrogen-bond donors (Lipinski definition) is 2. The second-order valence-corrected chi connectivity index (χ2v) is 4.92. The lowest BCUT2D eigenvalue weighted by molar-refractivity contribution is -0.139. The van der Waals surface area contributed by atoms with Gasteiger partial charge in [0.1, 0.15) is 0 Å². The van der Waals surface area contributed by atoms with E-state index >= 15 is 0 Å². The van der Waals surface area contributed by atoms with Gasteiger partial charge in [-0.2, -0.15) is 0 Å². The highest BCUT2D eigenvalue weighted by Gasteiger charge is 2.09. The summed E-state index contributed by atoms with van der Waals surface area (Å²) in [5, 5.41) is 5.73. The molecule has 0 aliphatic heterocycles. The van der Waals surface area contributed by atoms with E-state index in [1.165, 1.54) is 7.11 Å². The lowest BCUT2D eigenvalue weighted by Gasteiger charge is -2.10. The van der Waals surface area contributed by atoms with Crippen LogP contribution in [0.3, 0.4) is 0 Å². The van der Waals surface area contributed by atoms with Crippen molar-refractivity contribution in [1.82, 2.24) is 0 Å². The maximum absolute atomic E-state index is 12.0. The van der Waals surface area contributed by atoms with Crippen LogP contribution in [0.4, 0.5) is 16.2 Å². The Kier molecular flexibility index (Phi) is 5.38. The van der Waals surface area contributed by atoms with Crippen LogP contribution in [0.5, 0.6) is 0 Å². The predicted octanol–water partition coefficient (Wildman–Crippen LogP) is 3.70. The Morgan fingerprint density at radius 3 is 2.50 bits per heavy atom. The van der Waals surface area contributed by atoms with E-state index < -0.39 is 6.03 Å². The highest BCUT2D eigenvalue weighted by atomic mass is 35.5. The first-order chi connectivity index (χ1) is 10.6. The number of carbonyl (C=O) groups excluding carboxylic acids is 2. The molecule has 0 aliphatic carbocycles. The fourth-order valence-corrected chi connectivity index (χ4v) is 1.99. The molecular weight excluding hydrogens is 304 g/mol. The maximum atomic E-state index is 12.0. The van der Waals surface area contributed by atoms with Crippen molar-refractivity contribution in [3.63, 3.8) is 0 Å². The number of rotatable bonds is 4. The van der Waals surface area contributed by atoms with Crippen LogP contribution in [0.2, 0.25) is 5.02 Å². The van der Waals surface area contributed by atoms with Gasteiger partial charge in [0.2, 0.25) is 0 Å². The van der Waals surface area contributed by atoms with Crippen molar-refractivity contribution in [1.29, 1.82) is 0 Å². The Balaban J connectivity index is 2.06. The molecule has 0 fully saturated rings. The zero-order valence-electron chi connectivity index (χ0n) is 11.9. The molecule has 114 valence electrons. The van der Waals surface area contributed by atoms with Crippen LogP contribution >= 0.6 is 11.6 Å². The van der Waals surface area contributed by atoms with Crippen LogP contribution < -0.4 is 10.6 Å². The quantitative estimate of drug-likeness (QED) is 0.845.